The molecule has 1 heterocycles. The van der Waals surface area contributed by atoms with E-state index >= 15 is 0 Å². The first-order chi connectivity index (χ1) is 6.09. The summed E-state index contributed by atoms with van der Waals surface area (Å²) in [5.41, 5.74) is 6.74. The zero-order chi connectivity index (χ0) is 9.84. The second-order valence-corrected chi connectivity index (χ2v) is 3.49. The van der Waals surface area contributed by atoms with E-state index in [1.165, 1.54) is 0 Å². The van der Waals surface area contributed by atoms with Gasteiger partial charge in [-0.25, -0.2) is 4.98 Å². The Morgan fingerprint density at radius 3 is 2.77 bits per heavy atom. The van der Waals surface area contributed by atoms with Gasteiger partial charge in [-0.3, -0.25) is 0 Å². The summed E-state index contributed by atoms with van der Waals surface area (Å²) < 4.78 is 0. The average molecular weight is 179 g/mol. The van der Waals surface area contributed by atoms with Gasteiger partial charge in [-0.1, -0.05) is 6.07 Å². The molecular formula is C10H17N3. The van der Waals surface area contributed by atoms with E-state index in [-0.39, 0.29) is 6.04 Å². The lowest BCUT2D eigenvalue weighted by Gasteiger charge is -2.20. The number of nitrogens with zero attached hydrogens (tertiary/aromatic N) is 2. The largest absolute Gasteiger partial charge is 0.358 e. The SMILES string of the molecule is Cc1cccc(N(C)CC(C)N)n1. The molecule has 0 fully saturated rings. The quantitative estimate of drug-likeness (QED) is 0.757. The van der Waals surface area contributed by atoms with Crippen molar-refractivity contribution in [2.45, 2.75) is 19.9 Å². The van der Waals surface area contributed by atoms with Gasteiger partial charge in [-0.2, -0.15) is 0 Å². The summed E-state index contributed by atoms with van der Waals surface area (Å²) in [5, 5.41) is 0. The number of nitrogens with two attached hydrogens (primary N) is 1. The Bertz CT molecular complexity index is 271. The second-order valence-electron chi connectivity index (χ2n) is 3.49. The van der Waals surface area contributed by atoms with Crippen LogP contribution in [0.1, 0.15) is 12.6 Å². The highest BCUT2D eigenvalue weighted by atomic mass is 15.2. The lowest BCUT2D eigenvalue weighted by molar-refractivity contribution is 0.711. The molecule has 0 bridgehead atoms. The molecule has 13 heavy (non-hydrogen) atoms. The number of aromatic nitrogens is 1. The molecule has 1 aromatic heterocycles. The third-order valence-electron chi connectivity index (χ3n) is 1.83. The standard InChI is InChI=1S/C10H17N3/c1-8(11)7-13(3)10-6-4-5-9(2)12-10/h4-6,8H,7,11H2,1-3H3. The van der Waals surface area contributed by atoms with Crippen molar-refractivity contribution in [1.82, 2.24) is 4.98 Å². The average Bonchev–Trinajstić information content (AvgIpc) is 2.03. The van der Waals surface area contributed by atoms with Crippen LogP contribution in [0.5, 0.6) is 0 Å². The predicted octanol–water partition coefficient (Wildman–Crippen LogP) is 1.17. The van der Waals surface area contributed by atoms with Gasteiger partial charge in [-0.15, -0.1) is 0 Å². The zero-order valence-corrected chi connectivity index (χ0v) is 8.49. The maximum atomic E-state index is 5.70. The van der Waals surface area contributed by atoms with Crippen LogP contribution in [0.3, 0.4) is 0 Å². The molecular weight excluding hydrogens is 162 g/mol. The van der Waals surface area contributed by atoms with Crippen molar-refractivity contribution >= 4 is 5.82 Å². The monoisotopic (exact) mass is 179 g/mol. The van der Waals surface area contributed by atoms with Crippen LogP contribution in [0.2, 0.25) is 0 Å². The maximum absolute atomic E-state index is 5.70. The number of anilines is 1. The Balaban J connectivity index is 2.71. The molecule has 3 nitrogen and oxygen atoms in total. The van der Waals surface area contributed by atoms with E-state index in [0.29, 0.717) is 0 Å². The first kappa shape index (κ1) is 9.99. The van der Waals surface area contributed by atoms with Gasteiger partial charge >= 0.3 is 0 Å². The molecule has 1 rings (SSSR count). The van der Waals surface area contributed by atoms with Crippen molar-refractivity contribution < 1.29 is 0 Å². The van der Waals surface area contributed by atoms with E-state index in [1.54, 1.807) is 0 Å². The Kier molecular flexibility index (Phi) is 3.25. The van der Waals surface area contributed by atoms with Crippen LogP contribution < -0.4 is 10.6 Å². The Hall–Kier alpha value is -1.09. The fraction of sp³-hybridized carbons (Fsp3) is 0.500. The minimum atomic E-state index is 0.173. The van der Waals surface area contributed by atoms with Crippen LogP contribution in [0.4, 0.5) is 5.82 Å². The first-order valence-corrected chi connectivity index (χ1v) is 4.50. The van der Waals surface area contributed by atoms with Crippen molar-refractivity contribution in [3.63, 3.8) is 0 Å². The molecule has 0 aliphatic rings. The molecule has 0 aromatic carbocycles. The molecule has 1 atom stereocenters. The molecule has 1 unspecified atom stereocenters. The topological polar surface area (TPSA) is 42.1 Å². The van der Waals surface area contributed by atoms with Crippen LogP contribution in [-0.2, 0) is 0 Å². The van der Waals surface area contributed by atoms with Gasteiger partial charge in [0, 0.05) is 25.3 Å². The van der Waals surface area contributed by atoms with Gasteiger partial charge in [0.2, 0.25) is 0 Å². The zero-order valence-electron chi connectivity index (χ0n) is 8.49. The predicted molar refractivity (Wildman–Crippen MR) is 55.9 cm³/mol. The Morgan fingerprint density at radius 2 is 2.23 bits per heavy atom. The van der Waals surface area contributed by atoms with Crippen LogP contribution in [0.15, 0.2) is 18.2 Å². The van der Waals surface area contributed by atoms with E-state index < -0.39 is 0 Å². The number of hydrogen-bond acceptors (Lipinski definition) is 3. The molecule has 0 saturated carbocycles. The van der Waals surface area contributed by atoms with Crippen LogP contribution in [0.25, 0.3) is 0 Å². The number of rotatable bonds is 3. The highest BCUT2D eigenvalue weighted by Gasteiger charge is 2.03. The first-order valence-electron chi connectivity index (χ1n) is 4.50. The second kappa shape index (κ2) is 4.23. The highest BCUT2D eigenvalue weighted by molar-refractivity contribution is 5.38. The van der Waals surface area contributed by atoms with E-state index in [9.17, 15) is 0 Å². The van der Waals surface area contributed by atoms with Gasteiger partial charge in [0.05, 0.1) is 0 Å². The van der Waals surface area contributed by atoms with Gasteiger partial charge in [0.25, 0.3) is 0 Å². The minimum absolute atomic E-state index is 0.173. The molecule has 72 valence electrons. The van der Waals surface area contributed by atoms with E-state index in [1.807, 2.05) is 39.1 Å². The smallest absolute Gasteiger partial charge is 0.128 e. The summed E-state index contributed by atoms with van der Waals surface area (Å²) in [6.45, 7) is 4.81. The highest BCUT2D eigenvalue weighted by Crippen LogP contribution is 2.08. The van der Waals surface area contributed by atoms with Crippen molar-refractivity contribution in [3.05, 3.63) is 23.9 Å². The molecule has 0 aliphatic heterocycles. The molecule has 0 spiro atoms. The van der Waals surface area contributed by atoms with Crippen LogP contribution in [-0.4, -0.2) is 24.6 Å². The molecule has 3 heteroatoms. The Morgan fingerprint density at radius 1 is 1.54 bits per heavy atom. The molecule has 0 saturated heterocycles. The number of likely N-dealkylation sites (N-methyl/N-ethyl adjacent to an activating group) is 1. The van der Waals surface area contributed by atoms with Crippen molar-refractivity contribution in [3.8, 4) is 0 Å². The fourth-order valence-corrected chi connectivity index (χ4v) is 1.27. The lowest BCUT2D eigenvalue weighted by atomic mass is 10.3. The van der Waals surface area contributed by atoms with Gasteiger partial charge in [0.1, 0.15) is 5.82 Å². The fourth-order valence-electron chi connectivity index (χ4n) is 1.27. The van der Waals surface area contributed by atoms with Gasteiger partial charge in [-0.05, 0) is 26.0 Å². The number of hydrogen-bond donors (Lipinski definition) is 1. The summed E-state index contributed by atoms with van der Waals surface area (Å²) in [6, 6.07) is 6.17. The third kappa shape index (κ3) is 3.03. The van der Waals surface area contributed by atoms with Crippen LogP contribution in [0, 0.1) is 6.92 Å². The molecule has 1 aromatic rings. The van der Waals surface area contributed by atoms with Crippen molar-refractivity contribution in [2.24, 2.45) is 5.73 Å². The number of aryl methyl sites for hydroxylation is 1. The van der Waals surface area contributed by atoms with Crippen LogP contribution >= 0.6 is 0 Å². The third-order valence-corrected chi connectivity index (χ3v) is 1.83. The number of pyridine rings is 1. The summed E-state index contributed by atoms with van der Waals surface area (Å²) in [4.78, 5) is 6.46. The lowest BCUT2D eigenvalue weighted by Crippen LogP contribution is -2.33. The molecule has 0 radical (unpaired) electrons. The van der Waals surface area contributed by atoms with E-state index in [2.05, 4.69) is 9.88 Å². The summed E-state index contributed by atoms with van der Waals surface area (Å²) in [7, 11) is 2.01. The Labute approximate surface area is 79.6 Å². The molecule has 2 N–H and O–H groups in total. The maximum Gasteiger partial charge on any atom is 0.128 e. The normalized spacial score (nSPS) is 12.6. The molecule has 0 aliphatic carbocycles. The molecule has 0 amide bonds. The van der Waals surface area contributed by atoms with Gasteiger partial charge < -0.3 is 10.6 Å². The van der Waals surface area contributed by atoms with Crippen molar-refractivity contribution in [2.75, 3.05) is 18.5 Å². The minimum Gasteiger partial charge on any atom is -0.358 e. The summed E-state index contributed by atoms with van der Waals surface area (Å²) >= 11 is 0. The van der Waals surface area contributed by atoms with Crippen molar-refractivity contribution in [1.29, 1.82) is 0 Å². The van der Waals surface area contributed by atoms with E-state index in [0.717, 1.165) is 18.1 Å². The summed E-state index contributed by atoms with van der Waals surface area (Å²) in [5.74, 6) is 0.984. The van der Waals surface area contributed by atoms with E-state index in [4.69, 9.17) is 5.73 Å². The summed E-state index contributed by atoms with van der Waals surface area (Å²) in [6.07, 6.45) is 0. The van der Waals surface area contributed by atoms with Gasteiger partial charge in [0.15, 0.2) is 0 Å².